The predicted octanol–water partition coefficient (Wildman–Crippen LogP) is 3.04. The molecule has 3 heteroatoms. The number of hydrogen-bond acceptors (Lipinski definition) is 3. The average Bonchev–Trinajstić information content (AvgIpc) is 2.47. The Balaban J connectivity index is 2.22. The van der Waals surface area contributed by atoms with Crippen LogP contribution in [-0.2, 0) is 4.74 Å². The van der Waals surface area contributed by atoms with E-state index < -0.39 is 0 Å². The number of rotatable bonds is 4. The number of nitrogens with one attached hydrogen (secondary N) is 1. The van der Waals surface area contributed by atoms with Crippen molar-refractivity contribution in [3.8, 4) is 0 Å². The van der Waals surface area contributed by atoms with Crippen LogP contribution < -0.4 is 5.32 Å². The molecule has 2 aliphatic rings. The molecule has 2 rings (SSSR count). The molecular formula is C17H34N2O. The molecule has 2 heterocycles. The van der Waals surface area contributed by atoms with Crippen molar-refractivity contribution < 1.29 is 4.74 Å². The Bertz CT molecular complexity index is 306. The van der Waals surface area contributed by atoms with E-state index >= 15 is 0 Å². The van der Waals surface area contributed by atoms with Crippen LogP contribution in [0.4, 0.5) is 0 Å². The van der Waals surface area contributed by atoms with Gasteiger partial charge in [-0.2, -0.15) is 0 Å². The molecule has 2 fully saturated rings. The first-order valence-electron chi connectivity index (χ1n) is 8.56. The van der Waals surface area contributed by atoms with E-state index in [1.54, 1.807) is 0 Å². The smallest absolute Gasteiger partial charge is 0.0483 e. The maximum absolute atomic E-state index is 5.61. The normalized spacial score (nSPS) is 30.6. The van der Waals surface area contributed by atoms with Crippen molar-refractivity contribution in [2.75, 3.05) is 26.3 Å². The van der Waals surface area contributed by atoms with E-state index in [0.29, 0.717) is 23.0 Å². The second-order valence-corrected chi connectivity index (χ2v) is 7.42. The van der Waals surface area contributed by atoms with Crippen LogP contribution in [0.1, 0.15) is 60.3 Å². The summed E-state index contributed by atoms with van der Waals surface area (Å²) >= 11 is 0. The molecule has 118 valence electrons. The van der Waals surface area contributed by atoms with Crippen LogP contribution in [0.25, 0.3) is 0 Å². The first kappa shape index (κ1) is 16.3. The molecule has 0 radical (unpaired) electrons. The summed E-state index contributed by atoms with van der Waals surface area (Å²) in [5.41, 5.74) is 0.636. The third kappa shape index (κ3) is 3.05. The summed E-state index contributed by atoms with van der Waals surface area (Å²) in [6, 6.07) is 0.657. The lowest BCUT2D eigenvalue weighted by molar-refractivity contribution is -0.0783. The first-order valence-corrected chi connectivity index (χ1v) is 8.56. The molecule has 20 heavy (non-hydrogen) atoms. The van der Waals surface area contributed by atoms with Gasteiger partial charge in [-0.15, -0.1) is 0 Å². The second kappa shape index (κ2) is 6.33. The van der Waals surface area contributed by atoms with E-state index in [1.807, 2.05) is 0 Å². The summed E-state index contributed by atoms with van der Waals surface area (Å²) in [6.07, 6.45) is 4.80. The van der Waals surface area contributed by atoms with E-state index in [0.717, 1.165) is 19.8 Å². The molecule has 0 amide bonds. The molecule has 0 spiro atoms. The highest BCUT2D eigenvalue weighted by Gasteiger charge is 2.45. The van der Waals surface area contributed by atoms with Crippen LogP contribution in [0.5, 0.6) is 0 Å². The highest BCUT2D eigenvalue weighted by atomic mass is 16.5. The molecule has 3 nitrogen and oxygen atoms in total. The van der Waals surface area contributed by atoms with E-state index in [1.165, 1.54) is 32.2 Å². The van der Waals surface area contributed by atoms with Gasteiger partial charge in [-0.3, -0.25) is 4.90 Å². The standard InChI is InChI=1S/C17H34N2O/c1-6-17(7-2)13-19(15(12-18-17)14(3)4)16(5)8-10-20-11-9-16/h14-15,18H,6-13H2,1-5H3. The van der Waals surface area contributed by atoms with Crippen molar-refractivity contribution in [2.24, 2.45) is 5.92 Å². The molecule has 1 unspecified atom stereocenters. The van der Waals surface area contributed by atoms with Crippen LogP contribution in [-0.4, -0.2) is 48.3 Å². The minimum atomic E-state index is 0.312. The van der Waals surface area contributed by atoms with Gasteiger partial charge in [-0.1, -0.05) is 27.7 Å². The highest BCUT2D eigenvalue weighted by molar-refractivity contribution is 5.03. The molecule has 1 atom stereocenters. The molecule has 2 saturated heterocycles. The van der Waals surface area contributed by atoms with Crippen molar-refractivity contribution in [3.05, 3.63) is 0 Å². The fraction of sp³-hybridized carbons (Fsp3) is 1.00. The summed E-state index contributed by atoms with van der Waals surface area (Å²) in [7, 11) is 0. The first-order chi connectivity index (χ1) is 9.46. The lowest BCUT2D eigenvalue weighted by Crippen LogP contribution is -2.70. The van der Waals surface area contributed by atoms with Gasteiger partial charge in [0, 0.05) is 43.4 Å². The molecule has 0 aromatic heterocycles. The van der Waals surface area contributed by atoms with Gasteiger partial charge in [0.15, 0.2) is 0 Å². The van der Waals surface area contributed by atoms with E-state index in [4.69, 9.17) is 4.74 Å². The van der Waals surface area contributed by atoms with Crippen LogP contribution in [0.2, 0.25) is 0 Å². The summed E-state index contributed by atoms with van der Waals surface area (Å²) in [4.78, 5) is 2.84. The molecule has 0 aromatic carbocycles. The van der Waals surface area contributed by atoms with Crippen molar-refractivity contribution >= 4 is 0 Å². The predicted molar refractivity (Wildman–Crippen MR) is 85.1 cm³/mol. The minimum absolute atomic E-state index is 0.312. The van der Waals surface area contributed by atoms with Gasteiger partial charge in [0.2, 0.25) is 0 Å². The summed E-state index contributed by atoms with van der Waals surface area (Å²) < 4.78 is 5.61. The van der Waals surface area contributed by atoms with Gasteiger partial charge >= 0.3 is 0 Å². The quantitative estimate of drug-likeness (QED) is 0.858. The summed E-state index contributed by atoms with van der Waals surface area (Å²) in [5.74, 6) is 0.703. The Morgan fingerprint density at radius 3 is 2.30 bits per heavy atom. The maximum Gasteiger partial charge on any atom is 0.0483 e. The lowest BCUT2D eigenvalue weighted by atomic mass is 9.80. The topological polar surface area (TPSA) is 24.5 Å². The molecule has 1 N–H and O–H groups in total. The minimum Gasteiger partial charge on any atom is -0.381 e. The van der Waals surface area contributed by atoms with Crippen LogP contribution in [0.15, 0.2) is 0 Å². The van der Waals surface area contributed by atoms with Crippen LogP contribution in [0.3, 0.4) is 0 Å². The summed E-state index contributed by atoms with van der Waals surface area (Å²) in [6.45, 7) is 16.0. The highest BCUT2D eigenvalue weighted by Crippen LogP contribution is 2.36. The molecule has 0 aromatic rings. The Morgan fingerprint density at radius 2 is 1.80 bits per heavy atom. The Kier molecular flexibility index (Phi) is 5.14. The van der Waals surface area contributed by atoms with Gasteiger partial charge in [-0.25, -0.2) is 0 Å². The van der Waals surface area contributed by atoms with Crippen molar-refractivity contribution in [2.45, 2.75) is 77.4 Å². The SMILES string of the molecule is CCC1(CC)CN(C2(C)CCOCC2)C(C(C)C)CN1. The molecule has 2 aliphatic heterocycles. The van der Waals surface area contributed by atoms with Gasteiger partial charge in [0.05, 0.1) is 0 Å². The largest absolute Gasteiger partial charge is 0.381 e. The van der Waals surface area contributed by atoms with Gasteiger partial charge in [0.25, 0.3) is 0 Å². The number of ether oxygens (including phenoxy) is 1. The van der Waals surface area contributed by atoms with Gasteiger partial charge in [0.1, 0.15) is 0 Å². The van der Waals surface area contributed by atoms with Crippen molar-refractivity contribution in [1.82, 2.24) is 10.2 Å². The number of piperazine rings is 1. The summed E-state index contributed by atoms with van der Waals surface area (Å²) in [5, 5.41) is 3.88. The van der Waals surface area contributed by atoms with Crippen LogP contribution in [0, 0.1) is 5.92 Å². The van der Waals surface area contributed by atoms with Gasteiger partial charge < -0.3 is 10.1 Å². The zero-order valence-electron chi connectivity index (χ0n) is 14.2. The van der Waals surface area contributed by atoms with E-state index in [9.17, 15) is 0 Å². The molecule has 0 aliphatic carbocycles. The van der Waals surface area contributed by atoms with Crippen molar-refractivity contribution in [3.63, 3.8) is 0 Å². The Morgan fingerprint density at radius 1 is 1.20 bits per heavy atom. The van der Waals surface area contributed by atoms with Crippen molar-refractivity contribution in [1.29, 1.82) is 0 Å². The second-order valence-electron chi connectivity index (χ2n) is 7.42. The number of hydrogen-bond donors (Lipinski definition) is 1. The molecular weight excluding hydrogens is 248 g/mol. The molecule has 0 saturated carbocycles. The average molecular weight is 282 g/mol. The van der Waals surface area contributed by atoms with E-state index in [-0.39, 0.29) is 0 Å². The van der Waals surface area contributed by atoms with Gasteiger partial charge in [-0.05, 0) is 38.5 Å². The molecule has 0 bridgehead atoms. The fourth-order valence-corrected chi connectivity index (χ4v) is 3.94. The fourth-order valence-electron chi connectivity index (χ4n) is 3.94. The Hall–Kier alpha value is -0.120. The van der Waals surface area contributed by atoms with E-state index in [2.05, 4.69) is 44.8 Å². The zero-order valence-corrected chi connectivity index (χ0v) is 14.2. The number of nitrogens with zero attached hydrogens (tertiary/aromatic N) is 1. The lowest BCUT2D eigenvalue weighted by Gasteiger charge is -2.56. The third-order valence-electron chi connectivity index (χ3n) is 5.95. The Labute approximate surface area is 125 Å². The zero-order chi connectivity index (χ0) is 14.8. The maximum atomic E-state index is 5.61. The monoisotopic (exact) mass is 282 g/mol. The third-order valence-corrected chi connectivity index (χ3v) is 5.95. The van der Waals surface area contributed by atoms with Crippen LogP contribution >= 0.6 is 0 Å².